The first-order valence-electron chi connectivity index (χ1n) is 9.91. The van der Waals surface area contributed by atoms with Crippen molar-refractivity contribution in [3.8, 4) is 0 Å². The van der Waals surface area contributed by atoms with Crippen LogP contribution < -0.4 is 0 Å². The number of nitrogens with zero attached hydrogens (tertiary/aromatic N) is 6. The molecule has 1 fully saturated rings. The monoisotopic (exact) mass is 427 g/mol. The second-order valence-corrected chi connectivity index (χ2v) is 8.04. The van der Waals surface area contributed by atoms with Crippen LogP contribution in [0.2, 0.25) is 5.02 Å². The van der Waals surface area contributed by atoms with Crippen LogP contribution in [0.25, 0.3) is 0 Å². The zero-order valence-corrected chi connectivity index (χ0v) is 18.2. The third-order valence-corrected chi connectivity index (χ3v) is 5.52. The highest BCUT2D eigenvalue weighted by Gasteiger charge is 2.53. The molecule has 2 aliphatic heterocycles. The molecule has 2 aromatic rings. The van der Waals surface area contributed by atoms with Crippen LogP contribution >= 0.6 is 11.6 Å². The van der Waals surface area contributed by atoms with Crippen LogP contribution in [0, 0.1) is 13.8 Å². The summed E-state index contributed by atoms with van der Waals surface area (Å²) in [5.41, 5.74) is 2.58. The first-order valence-corrected chi connectivity index (χ1v) is 10.3. The molecule has 0 aliphatic carbocycles. The number of rotatable bonds is 4. The number of aromatic nitrogens is 2. The number of aryl methyl sites for hydroxylation is 2. The van der Waals surface area contributed by atoms with Crippen molar-refractivity contribution in [2.75, 3.05) is 13.6 Å². The maximum absolute atomic E-state index is 13.5. The zero-order valence-electron chi connectivity index (χ0n) is 17.5. The molecule has 1 aromatic heterocycles. The molecule has 4 rings (SSSR count). The lowest BCUT2D eigenvalue weighted by atomic mass is 10.1. The SMILES string of the molecule is CCC[N+]1=C(n2nc(C)cc2C)N=C2C1C(=O)N(Cc1cccc(Cl)c1)C(=O)N2C. The molecule has 0 spiro atoms. The van der Waals surface area contributed by atoms with Crippen LogP contribution in [0.4, 0.5) is 4.79 Å². The molecule has 8 nitrogen and oxygen atoms in total. The zero-order chi connectivity index (χ0) is 21.6. The number of fused-ring (bicyclic) bond motifs is 1. The van der Waals surface area contributed by atoms with Crippen molar-refractivity contribution in [2.45, 2.75) is 39.8 Å². The number of amidine groups is 1. The molecule has 0 radical (unpaired) electrons. The molecule has 3 heterocycles. The Labute approximate surface area is 180 Å². The maximum Gasteiger partial charge on any atom is 0.421 e. The van der Waals surface area contributed by atoms with Gasteiger partial charge in [-0.05, 0) is 44.0 Å². The van der Waals surface area contributed by atoms with E-state index in [0.29, 0.717) is 23.4 Å². The number of urea groups is 1. The van der Waals surface area contributed by atoms with Crippen molar-refractivity contribution in [1.29, 1.82) is 0 Å². The van der Waals surface area contributed by atoms with Crippen LogP contribution in [0.15, 0.2) is 35.3 Å². The number of carbonyl (C=O) groups is 2. The highest BCUT2D eigenvalue weighted by molar-refractivity contribution is 6.30. The Morgan fingerprint density at radius 1 is 1.20 bits per heavy atom. The number of hydrogen-bond donors (Lipinski definition) is 0. The molecule has 156 valence electrons. The summed E-state index contributed by atoms with van der Waals surface area (Å²) >= 11 is 6.08. The Bertz CT molecular complexity index is 1100. The Balaban J connectivity index is 1.76. The van der Waals surface area contributed by atoms with Crippen LogP contribution in [-0.2, 0) is 11.3 Å². The van der Waals surface area contributed by atoms with E-state index in [1.807, 2.05) is 37.5 Å². The highest BCUT2D eigenvalue weighted by Crippen LogP contribution is 2.23. The minimum absolute atomic E-state index is 0.154. The standard InChI is InChI=1S/C21H24ClN6O2/c1-5-9-26-17-18(23-20(26)28-14(3)10-13(2)24-28)25(4)21(30)27(19(17)29)12-15-7-6-8-16(22)11-15/h6-8,10-11,17H,5,9,12H2,1-4H3/q+1. The molecule has 2 aliphatic rings. The van der Waals surface area contributed by atoms with Crippen LogP contribution in [-0.4, -0.2) is 67.5 Å². The number of carbonyl (C=O) groups excluding carboxylic acids is 2. The Kier molecular flexibility index (Phi) is 5.19. The molecule has 3 amide bonds. The minimum Gasteiger partial charge on any atom is -0.270 e. The minimum atomic E-state index is -0.661. The average molecular weight is 428 g/mol. The first kappa shape index (κ1) is 20.3. The summed E-state index contributed by atoms with van der Waals surface area (Å²) in [5.74, 6) is 0.713. The van der Waals surface area contributed by atoms with Gasteiger partial charge in [-0.25, -0.2) is 9.37 Å². The smallest absolute Gasteiger partial charge is 0.270 e. The number of hydrogen-bond acceptors (Lipinski definition) is 4. The number of aliphatic imine (C=N–C) groups is 1. The van der Waals surface area contributed by atoms with Crippen molar-refractivity contribution in [3.63, 3.8) is 0 Å². The largest absolute Gasteiger partial charge is 0.421 e. The van der Waals surface area contributed by atoms with E-state index in [1.54, 1.807) is 29.9 Å². The van der Waals surface area contributed by atoms with E-state index < -0.39 is 12.1 Å². The van der Waals surface area contributed by atoms with E-state index >= 15 is 0 Å². The van der Waals surface area contributed by atoms with Gasteiger partial charge in [0.2, 0.25) is 11.9 Å². The topological polar surface area (TPSA) is 73.8 Å². The quantitative estimate of drug-likeness (QED) is 0.704. The lowest BCUT2D eigenvalue weighted by molar-refractivity contribution is -0.537. The van der Waals surface area contributed by atoms with Gasteiger partial charge >= 0.3 is 12.0 Å². The Hall–Kier alpha value is -3.00. The molecule has 30 heavy (non-hydrogen) atoms. The van der Waals surface area contributed by atoms with Gasteiger partial charge in [0.1, 0.15) is 5.69 Å². The molecular weight excluding hydrogens is 404 g/mol. The summed E-state index contributed by atoms with van der Waals surface area (Å²) in [4.78, 5) is 33.9. The van der Waals surface area contributed by atoms with Gasteiger partial charge in [-0.15, -0.1) is 9.78 Å². The lowest BCUT2D eigenvalue weighted by Crippen LogP contribution is -2.62. The number of benzene rings is 1. The van der Waals surface area contributed by atoms with Gasteiger partial charge in [0, 0.05) is 12.1 Å². The fourth-order valence-electron chi connectivity index (χ4n) is 3.94. The Morgan fingerprint density at radius 2 is 1.97 bits per heavy atom. The van der Waals surface area contributed by atoms with E-state index in [-0.39, 0.29) is 12.5 Å². The van der Waals surface area contributed by atoms with Crippen LogP contribution in [0.5, 0.6) is 0 Å². The number of halogens is 1. The average Bonchev–Trinajstić information content (AvgIpc) is 3.23. The second-order valence-electron chi connectivity index (χ2n) is 7.60. The second kappa shape index (κ2) is 7.68. The van der Waals surface area contributed by atoms with E-state index in [2.05, 4.69) is 10.1 Å². The fraction of sp³-hybridized carbons (Fsp3) is 0.381. The van der Waals surface area contributed by atoms with Crippen molar-refractivity contribution in [3.05, 3.63) is 52.3 Å². The van der Waals surface area contributed by atoms with E-state index in [1.165, 1.54) is 9.80 Å². The summed E-state index contributed by atoms with van der Waals surface area (Å²) in [6, 6.07) is 8.07. The van der Waals surface area contributed by atoms with Crippen LogP contribution in [0.1, 0.15) is 30.3 Å². The third-order valence-electron chi connectivity index (χ3n) is 5.28. The summed E-state index contributed by atoms with van der Waals surface area (Å²) in [6.45, 7) is 6.67. The fourth-order valence-corrected chi connectivity index (χ4v) is 4.15. The van der Waals surface area contributed by atoms with Gasteiger partial charge in [0.05, 0.1) is 18.8 Å². The number of likely N-dealkylation sites (N-methyl/N-ethyl adjacent to an activating group) is 1. The molecule has 0 N–H and O–H groups in total. The van der Waals surface area contributed by atoms with Gasteiger partial charge in [-0.3, -0.25) is 14.6 Å². The summed E-state index contributed by atoms with van der Waals surface area (Å²) < 4.78 is 3.67. The molecular formula is C21H24ClN6O2+. The lowest BCUT2D eigenvalue weighted by Gasteiger charge is -2.34. The van der Waals surface area contributed by atoms with Crippen molar-refractivity contribution < 1.29 is 14.2 Å². The number of amides is 3. The maximum atomic E-state index is 13.5. The molecule has 0 saturated carbocycles. The molecule has 0 bridgehead atoms. The van der Waals surface area contributed by atoms with Crippen LogP contribution in [0.3, 0.4) is 0 Å². The van der Waals surface area contributed by atoms with Gasteiger partial charge < -0.3 is 0 Å². The van der Waals surface area contributed by atoms with Crippen molar-refractivity contribution in [2.24, 2.45) is 4.99 Å². The van der Waals surface area contributed by atoms with Crippen molar-refractivity contribution >= 4 is 35.3 Å². The van der Waals surface area contributed by atoms with Gasteiger partial charge in [0.15, 0.2) is 0 Å². The summed E-state index contributed by atoms with van der Waals surface area (Å²) in [5, 5.41) is 5.10. The number of imide groups is 1. The molecule has 1 unspecified atom stereocenters. The van der Waals surface area contributed by atoms with Gasteiger partial charge in [0.25, 0.3) is 5.91 Å². The predicted molar refractivity (Wildman–Crippen MR) is 114 cm³/mol. The molecule has 1 aromatic carbocycles. The first-order chi connectivity index (χ1) is 14.3. The van der Waals surface area contributed by atoms with Crippen molar-refractivity contribution in [1.82, 2.24) is 19.6 Å². The van der Waals surface area contributed by atoms with E-state index in [9.17, 15) is 9.59 Å². The summed E-state index contributed by atoms with van der Waals surface area (Å²) in [6.07, 6.45) is 0.821. The normalized spacial score (nSPS) is 19.0. The molecule has 1 atom stereocenters. The van der Waals surface area contributed by atoms with E-state index in [0.717, 1.165) is 23.4 Å². The van der Waals surface area contributed by atoms with Gasteiger partial charge in [-0.1, -0.05) is 35.6 Å². The highest BCUT2D eigenvalue weighted by atomic mass is 35.5. The predicted octanol–water partition coefficient (Wildman–Crippen LogP) is 2.65. The van der Waals surface area contributed by atoms with Gasteiger partial charge in [-0.2, -0.15) is 0 Å². The molecule has 9 heteroatoms. The molecule has 1 saturated heterocycles. The third kappa shape index (κ3) is 3.31. The summed E-state index contributed by atoms with van der Waals surface area (Å²) in [7, 11) is 1.65. The Morgan fingerprint density at radius 3 is 2.60 bits per heavy atom. The van der Waals surface area contributed by atoms with E-state index in [4.69, 9.17) is 11.6 Å².